The highest BCUT2D eigenvalue weighted by molar-refractivity contribution is 7.86. The summed E-state index contributed by atoms with van der Waals surface area (Å²) in [5, 5.41) is 3.18. The second-order valence-corrected chi connectivity index (χ2v) is 7.99. The van der Waals surface area contributed by atoms with E-state index in [0.717, 1.165) is 19.4 Å². The largest absolute Gasteiger partial charge is 0.319 e. The smallest absolute Gasteiger partial charge is 0.281 e. The van der Waals surface area contributed by atoms with Crippen molar-refractivity contribution >= 4 is 10.2 Å². The minimum atomic E-state index is -3.26. The summed E-state index contributed by atoms with van der Waals surface area (Å²) in [4.78, 5) is 0. The van der Waals surface area contributed by atoms with Gasteiger partial charge in [-0.3, -0.25) is 0 Å². The lowest BCUT2D eigenvalue weighted by Crippen LogP contribution is -2.49. The normalized spacial score (nSPS) is 24.8. The lowest BCUT2D eigenvalue weighted by Gasteiger charge is -2.35. The van der Waals surface area contributed by atoms with E-state index in [1.165, 1.54) is 12.8 Å². The Morgan fingerprint density at radius 2 is 1.84 bits per heavy atom. The first kappa shape index (κ1) is 15.2. The van der Waals surface area contributed by atoms with Crippen molar-refractivity contribution in [3.05, 3.63) is 0 Å². The Morgan fingerprint density at radius 3 is 2.32 bits per heavy atom. The molecule has 2 aliphatic rings. The molecule has 19 heavy (non-hydrogen) atoms. The molecule has 1 aliphatic carbocycles. The van der Waals surface area contributed by atoms with Crippen LogP contribution in [0.1, 0.15) is 32.6 Å². The molecule has 0 amide bonds. The molecule has 0 bridgehead atoms. The Morgan fingerprint density at radius 1 is 1.26 bits per heavy atom. The first-order valence-corrected chi connectivity index (χ1v) is 8.74. The molecule has 1 saturated heterocycles. The Bertz CT molecular complexity index is 387. The molecule has 1 aliphatic heterocycles. The maximum absolute atomic E-state index is 12.6. The lowest BCUT2D eigenvalue weighted by atomic mass is 9.98. The molecule has 112 valence electrons. The summed E-state index contributed by atoms with van der Waals surface area (Å²) >= 11 is 0. The van der Waals surface area contributed by atoms with Crippen LogP contribution in [0.5, 0.6) is 0 Å². The van der Waals surface area contributed by atoms with Crippen LogP contribution in [0, 0.1) is 11.8 Å². The zero-order valence-corrected chi connectivity index (χ0v) is 13.1. The van der Waals surface area contributed by atoms with Gasteiger partial charge in [-0.1, -0.05) is 0 Å². The van der Waals surface area contributed by atoms with Crippen molar-refractivity contribution in [2.24, 2.45) is 11.8 Å². The molecule has 1 unspecified atom stereocenters. The molecule has 1 saturated carbocycles. The van der Waals surface area contributed by atoms with E-state index in [0.29, 0.717) is 24.9 Å². The van der Waals surface area contributed by atoms with Crippen LogP contribution in [-0.2, 0) is 10.2 Å². The van der Waals surface area contributed by atoms with E-state index in [-0.39, 0.29) is 6.04 Å². The fourth-order valence-corrected chi connectivity index (χ4v) is 4.53. The number of piperidine rings is 1. The predicted octanol–water partition coefficient (Wildman–Crippen LogP) is 0.893. The minimum Gasteiger partial charge on any atom is -0.319 e. The van der Waals surface area contributed by atoms with Gasteiger partial charge < -0.3 is 5.32 Å². The molecule has 6 heteroatoms. The molecule has 0 aromatic heterocycles. The van der Waals surface area contributed by atoms with E-state index in [4.69, 9.17) is 0 Å². The molecule has 1 N–H and O–H groups in total. The number of hydrogen-bond donors (Lipinski definition) is 1. The van der Waals surface area contributed by atoms with Crippen molar-refractivity contribution in [2.45, 2.75) is 38.6 Å². The summed E-state index contributed by atoms with van der Waals surface area (Å²) in [6.45, 7) is 4.35. The third-order valence-electron chi connectivity index (χ3n) is 4.63. The molecule has 2 rings (SSSR count). The molecule has 0 aromatic carbocycles. The summed E-state index contributed by atoms with van der Waals surface area (Å²) < 4.78 is 28.4. The lowest BCUT2D eigenvalue weighted by molar-refractivity contribution is 0.244. The summed E-state index contributed by atoms with van der Waals surface area (Å²) in [5.74, 6) is 1.18. The monoisotopic (exact) mass is 289 g/mol. The summed E-state index contributed by atoms with van der Waals surface area (Å²) in [7, 11) is 0.428. The van der Waals surface area contributed by atoms with Gasteiger partial charge in [0.2, 0.25) is 0 Å². The van der Waals surface area contributed by atoms with Crippen LogP contribution in [0.15, 0.2) is 0 Å². The summed E-state index contributed by atoms with van der Waals surface area (Å²) in [5.41, 5.74) is 0. The van der Waals surface area contributed by atoms with Crippen LogP contribution in [0.4, 0.5) is 0 Å². The zero-order valence-electron chi connectivity index (χ0n) is 12.3. The first-order chi connectivity index (χ1) is 8.96. The third-order valence-corrected chi connectivity index (χ3v) is 6.71. The van der Waals surface area contributed by atoms with Gasteiger partial charge >= 0.3 is 0 Å². The second-order valence-electron chi connectivity index (χ2n) is 6.00. The van der Waals surface area contributed by atoms with Gasteiger partial charge in [0.25, 0.3) is 10.2 Å². The van der Waals surface area contributed by atoms with Gasteiger partial charge in [0.15, 0.2) is 0 Å². The standard InChI is InChI=1S/C13H27N3O2S/c1-11(13-4-5-13)15(3)19(17,18)16-8-6-12(7-9-16)10-14-2/h11-14H,4-10H2,1-3H3. The Hall–Kier alpha value is -0.170. The molecule has 0 spiro atoms. The van der Waals surface area contributed by atoms with Gasteiger partial charge in [0.1, 0.15) is 0 Å². The van der Waals surface area contributed by atoms with Crippen LogP contribution in [0.3, 0.4) is 0 Å². The molecular formula is C13H27N3O2S. The molecule has 5 nitrogen and oxygen atoms in total. The first-order valence-electron chi connectivity index (χ1n) is 7.34. The highest BCUT2D eigenvalue weighted by atomic mass is 32.2. The van der Waals surface area contributed by atoms with Gasteiger partial charge in [-0.15, -0.1) is 0 Å². The molecule has 2 fully saturated rings. The number of nitrogens with zero attached hydrogens (tertiary/aromatic N) is 2. The van der Waals surface area contributed by atoms with Crippen molar-refractivity contribution in [1.29, 1.82) is 0 Å². The van der Waals surface area contributed by atoms with E-state index in [2.05, 4.69) is 5.32 Å². The van der Waals surface area contributed by atoms with Crippen molar-refractivity contribution in [3.8, 4) is 0 Å². The fraction of sp³-hybridized carbons (Fsp3) is 1.00. The Kier molecular flexibility index (Phi) is 4.87. The van der Waals surface area contributed by atoms with Crippen LogP contribution in [0.2, 0.25) is 0 Å². The molecule has 0 aromatic rings. The van der Waals surface area contributed by atoms with Gasteiger partial charge in [0.05, 0.1) is 0 Å². The SMILES string of the molecule is CNCC1CCN(S(=O)(=O)N(C)C(C)C2CC2)CC1. The van der Waals surface area contributed by atoms with Gasteiger partial charge in [0, 0.05) is 26.2 Å². The number of rotatable bonds is 6. The fourth-order valence-electron chi connectivity index (χ4n) is 2.90. The average Bonchev–Trinajstić information content (AvgIpc) is 3.22. The van der Waals surface area contributed by atoms with E-state index in [1.807, 2.05) is 14.0 Å². The number of nitrogens with one attached hydrogen (secondary N) is 1. The maximum atomic E-state index is 12.6. The van der Waals surface area contributed by atoms with Crippen molar-refractivity contribution < 1.29 is 8.42 Å². The van der Waals surface area contributed by atoms with E-state index in [1.54, 1.807) is 15.7 Å². The zero-order chi connectivity index (χ0) is 14.0. The molecule has 0 radical (unpaired) electrons. The highest BCUT2D eigenvalue weighted by Gasteiger charge is 2.38. The van der Waals surface area contributed by atoms with Gasteiger partial charge in [-0.05, 0) is 58.0 Å². The molecular weight excluding hydrogens is 262 g/mol. The van der Waals surface area contributed by atoms with Crippen LogP contribution in [-0.4, -0.2) is 56.8 Å². The van der Waals surface area contributed by atoms with Crippen LogP contribution < -0.4 is 5.32 Å². The average molecular weight is 289 g/mol. The van der Waals surface area contributed by atoms with Crippen LogP contribution in [0.25, 0.3) is 0 Å². The summed E-state index contributed by atoms with van der Waals surface area (Å²) in [6.07, 6.45) is 4.27. The van der Waals surface area contributed by atoms with Crippen molar-refractivity contribution in [1.82, 2.24) is 13.9 Å². The molecule has 1 atom stereocenters. The van der Waals surface area contributed by atoms with Crippen molar-refractivity contribution in [3.63, 3.8) is 0 Å². The van der Waals surface area contributed by atoms with E-state index in [9.17, 15) is 8.42 Å². The van der Waals surface area contributed by atoms with Crippen molar-refractivity contribution in [2.75, 3.05) is 33.7 Å². The van der Waals surface area contributed by atoms with Gasteiger partial charge in [-0.2, -0.15) is 17.0 Å². The summed E-state index contributed by atoms with van der Waals surface area (Å²) in [6, 6.07) is 0.139. The maximum Gasteiger partial charge on any atom is 0.281 e. The highest BCUT2D eigenvalue weighted by Crippen LogP contribution is 2.36. The Labute approximate surface area is 117 Å². The number of hydrogen-bond acceptors (Lipinski definition) is 3. The van der Waals surface area contributed by atoms with E-state index < -0.39 is 10.2 Å². The second kappa shape index (κ2) is 6.08. The van der Waals surface area contributed by atoms with Gasteiger partial charge in [-0.25, -0.2) is 0 Å². The third kappa shape index (κ3) is 3.48. The topological polar surface area (TPSA) is 52.7 Å². The Balaban J connectivity index is 1.93. The quantitative estimate of drug-likeness (QED) is 0.790. The predicted molar refractivity (Wildman–Crippen MR) is 77.1 cm³/mol. The molecule has 1 heterocycles. The minimum absolute atomic E-state index is 0.139. The van der Waals surface area contributed by atoms with Crippen LogP contribution >= 0.6 is 0 Å². The van der Waals surface area contributed by atoms with E-state index >= 15 is 0 Å².